The molecule has 0 spiro atoms. The third-order valence-electron chi connectivity index (χ3n) is 14.5. The Kier molecular flexibility index (Phi) is 14.9. The van der Waals surface area contributed by atoms with E-state index in [0.717, 1.165) is 63.9 Å². The summed E-state index contributed by atoms with van der Waals surface area (Å²) in [5.74, 6) is 0.851. The van der Waals surface area contributed by atoms with Gasteiger partial charge in [0.2, 0.25) is 23.6 Å². The fourth-order valence-corrected chi connectivity index (χ4v) is 11.3. The van der Waals surface area contributed by atoms with Crippen molar-refractivity contribution in [2.75, 3.05) is 26.7 Å². The van der Waals surface area contributed by atoms with Crippen LogP contribution in [0.1, 0.15) is 127 Å². The maximum Gasteiger partial charge on any atom is 0.253 e. The third kappa shape index (κ3) is 11.1. The number of carbonyl (C=O) groups excluding carboxylic acids is 5. The van der Waals surface area contributed by atoms with Gasteiger partial charge in [-0.1, -0.05) is 68.8 Å². The number of nitrogens with one attached hydrogen (secondary N) is 3. The van der Waals surface area contributed by atoms with Crippen LogP contribution in [-0.2, 0) is 30.3 Å². The fourth-order valence-electron chi connectivity index (χ4n) is 9.93. The van der Waals surface area contributed by atoms with E-state index in [1.54, 1.807) is 35.5 Å². The van der Waals surface area contributed by atoms with Crippen LogP contribution in [0.4, 0.5) is 0 Å². The SMILES string of the molecule is CO[C@@H]1C[C@@H](C(=O)N[C@@H](C)c2ccc(C(=O)N3CCC3)cc2)N(C(=O)[C@@H](NC(=O)Cc2ccc(O[C@H]3C[C@H](NC(=O)C[C@@H]4N=C(c5ccc(Cl)cc5)c5c(sc(C)c5C)-n5c(C)nnc54)C3)cc2)C(C)(C)C)C1. The minimum absolute atomic E-state index is 0.00266. The molecule has 5 amide bonds. The second-order valence-corrected chi connectivity index (χ2v) is 22.5. The first-order chi connectivity index (χ1) is 34.8. The molecule has 3 aliphatic heterocycles. The van der Waals surface area contributed by atoms with Crippen LogP contribution in [0.3, 0.4) is 0 Å². The number of hydrogen-bond donors (Lipinski definition) is 3. The Hall–Kier alpha value is -6.43. The predicted octanol–water partition coefficient (Wildman–Crippen LogP) is 7.33. The molecule has 1 saturated carbocycles. The van der Waals surface area contributed by atoms with E-state index in [0.29, 0.717) is 41.4 Å². The Bertz CT molecular complexity index is 2920. The molecule has 4 aliphatic rings. The maximum atomic E-state index is 14.4. The molecule has 3 fully saturated rings. The molecular formula is C55H64ClN9O7S. The summed E-state index contributed by atoms with van der Waals surface area (Å²) in [7, 11) is 1.56. The number of methoxy groups -OCH3 is 1. The molecule has 16 nitrogen and oxygen atoms in total. The summed E-state index contributed by atoms with van der Waals surface area (Å²) < 4.78 is 14.0. The Morgan fingerprint density at radius 3 is 2.21 bits per heavy atom. The van der Waals surface area contributed by atoms with Crippen LogP contribution in [0.15, 0.2) is 77.8 Å². The Labute approximate surface area is 435 Å². The number of ether oxygens (including phenoxy) is 2. The van der Waals surface area contributed by atoms with Crippen molar-refractivity contribution in [1.82, 2.24) is 40.5 Å². The first-order valence-electron chi connectivity index (χ1n) is 25.1. The topological polar surface area (TPSA) is 189 Å². The second kappa shape index (κ2) is 21.2. The summed E-state index contributed by atoms with van der Waals surface area (Å²) in [6.07, 6.45) is 2.25. The number of amides is 5. The highest BCUT2D eigenvalue weighted by molar-refractivity contribution is 7.15. The van der Waals surface area contributed by atoms with E-state index in [1.807, 2.05) is 99.8 Å². The molecule has 0 unspecified atom stereocenters. The normalized spacial score (nSPS) is 21.1. The van der Waals surface area contributed by atoms with Gasteiger partial charge in [-0.05, 0) is 92.6 Å². The Morgan fingerprint density at radius 2 is 1.56 bits per heavy atom. The number of nitrogens with zero attached hydrogens (tertiary/aromatic N) is 6. The van der Waals surface area contributed by atoms with Gasteiger partial charge in [-0.3, -0.25) is 33.5 Å². The van der Waals surface area contributed by atoms with Gasteiger partial charge < -0.3 is 35.2 Å². The lowest BCUT2D eigenvalue weighted by Crippen LogP contribution is -2.58. The highest BCUT2D eigenvalue weighted by Gasteiger charge is 2.45. The van der Waals surface area contributed by atoms with Crippen LogP contribution in [0.25, 0.3) is 5.00 Å². The number of halogens is 1. The minimum Gasteiger partial charge on any atom is -0.490 e. The number of carbonyl (C=O) groups is 5. The molecule has 5 aromatic rings. The van der Waals surface area contributed by atoms with Crippen LogP contribution in [-0.4, -0.2) is 117 Å². The van der Waals surface area contributed by atoms with Gasteiger partial charge >= 0.3 is 0 Å². The van der Waals surface area contributed by atoms with Crippen LogP contribution in [0.5, 0.6) is 5.75 Å². The van der Waals surface area contributed by atoms with Crippen molar-refractivity contribution in [3.63, 3.8) is 0 Å². The number of aromatic nitrogens is 3. The predicted molar refractivity (Wildman–Crippen MR) is 279 cm³/mol. The van der Waals surface area contributed by atoms with E-state index in [2.05, 4.69) is 40.0 Å². The molecule has 0 bridgehead atoms. The van der Waals surface area contributed by atoms with Gasteiger partial charge in [0.15, 0.2) is 5.82 Å². The lowest BCUT2D eigenvalue weighted by atomic mass is 9.85. The molecule has 73 heavy (non-hydrogen) atoms. The highest BCUT2D eigenvalue weighted by Crippen LogP contribution is 2.40. The number of fused-ring (bicyclic) bond motifs is 3. The van der Waals surface area contributed by atoms with Crippen molar-refractivity contribution in [1.29, 1.82) is 0 Å². The molecule has 384 valence electrons. The van der Waals surface area contributed by atoms with Crippen molar-refractivity contribution in [3.8, 4) is 10.8 Å². The smallest absolute Gasteiger partial charge is 0.253 e. The standard InChI is InChI=1S/C55H64ClN9O7S/c1-30-32(3)73-54-47(30)48(36-16-18-38(56)19-17-36)59-43(50-62-61-33(4)65(50)54)28-46(67)58-39-25-41(26-39)72-40-20-10-34(11-21-40)24-45(66)60-49(55(5,6)7)53(70)64-29-42(71-8)27-44(64)51(68)57-31(2)35-12-14-37(15-13-35)52(69)63-22-9-23-63/h10-21,31,39,41-44,49H,9,22-29H2,1-8H3,(H,57,68)(H,58,67)(H,60,66)/t31-,39-,41-,42+,43-,44-,49+/m0/s1. The van der Waals surface area contributed by atoms with E-state index in [9.17, 15) is 24.0 Å². The van der Waals surface area contributed by atoms with E-state index < -0.39 is 23.5 Å². The number of thiophene rings is 1. The molecule has 18 heteroatoms. The summed E-state index contributed by atoms with van der Waals surface area (Å²) in [4.78, 5) is 78.1. The van der Waals surface area contributed by atoms with Crippen molar-refractivity contribution in [2.24, 2.45) is 10.4 Å². The van der Waals surface area contributed by atoms with Gasteiger partial charge in [0.1, 0.15) is 40.8 Å². The van der Waals surface area contributed by atoms with Crippen LogP contribution < -0.4 is 20.7 Å². The molecule has 5 atom stereocenters. The molecule has 9 rings (SSSR count). The lowest BCUT2D eigenvalue weighted by molar-refractivity contribution is -0.144. The van der Waals surface area contributed by atoms with Gasteiger partial charge in [0.05, 0.1) is 30.7 Å². The summed E-state index contributed by atoms with van der Waals surface area (Å²) in [6.45, 7) is 15.4. The molecule has 2 saturated heterocycles. The quantitative estimate of drug-likeness (QED) is 0.0965. The third-order valence-corrected chi connectivity index (χ3v) is 16.0. The highest BCUT2D eigenvalue weighted by atomic mass is 35.5. The molecule has 3 aromatic carbocycles. The van der Waals surface area contributed by atoms with Crippen molar-refractivity contribution in [2.45, 2.75) is 129 Å². The number of aryl methyl sites for hydroxylation is 2. The molecule has 1 aliphatic carbocycles. The van der Waals surface area contributed by atoms with Gasteiger partial charge in [-0.25, -0.2) is 0 Å². The van der Waals surface area contributed by atoms with Crippen molar-refractivity contribution >= 4 is 58.2 Å². The fraction of sp³-hybridized carbons (Fsp3) is 0.455. The number of hydrogen-bond acceptors (Lipinski definition) is 11. The first kappa shape index (κ1) is 51.5. The van der Waals surface area contributed by atoms with Crippen LogP contribution in [0, 0.1) is 26.2 Å². The molecule has 0 radical (unpaired) electrons. The summed E-state index contributed by atoms with van der Waals surface area (Å²) in [6, 6.07) is 19.4. The van der Waals surface area contributed by atoms with Gasteiger partial charge in [-0.2, -0.15) is 0 Å². The zero-order valence-corrected chi connectivity index (χ0v) is 44.2. The summed E-state index contributed by atoms with van der Waals surface area (Å²) >= 11 is 7.94. The number of likely N-dealkylation sites (tertiary alicyclic amines) is 2. The number of rotatable bonds is 15. The first-order valence-corrected chi connectivity index (χ1v) is 26.3. The maximum absolute atomic E-state index is 14.4. The Balaban J connectivity index is 0.770. The van der Waals surface area contributed by atoms with Crippen LogP contribution in [0.2, 0.25) is 5.02 Å². The zero-order chi connectivity index (χ0) is 51.9. The summed E-state index contributed by atoms with van der Waals surface area (Å²) in [5.41, 5.74) is 5.32. The summed E-state index contributed by atoms with van der Waals surface area (Å²) in [5, 5.41) is 19.8. The van der Waals surface area contributed by atoms with E-state index in [1.165, 1.54) is 9.78 Å². The largest absolute Gasteiger partial charge is 0.490 e. The monoisotopic (exact) mass is 1030 g/mol. The molecule has 5 heterocycles. The molecule has 3 N–H and O–H groups in total. The number of aliphatic imine (C=N–C) groups is 1. The number of benzene rings is 3. The Morgan fingerprint density at radius 1 is 0.863 bits per heavy atom. The van der Waals surface area contributed by atoms with Crippen molar-refractivity contribution < 1.29 is 33.4 Å². The lowest BCUT2D eigenvalue weighted by Gasteiger charge is -2.36. The van der Waals surface area contributed by atoms with E-state index >= 15 is 0 Å². The average Bonchev–Trinajstić information content (AvgIpc) is 4.00. The van der Waals surface area contributed by atoms with E-state index in [4.69, 9.17) is 26.1 Å². The average molecular weight is 1030 g/mol. The zero-order valence-electron chi connectivity index (χ0n) is 42.7. The van der Waals surface area contributed by atoms with Gasteiger partial charge in [0, 0.05) is 78.6 Å². The minimum atomic E-state index is -0.923. The van der Waals surface area contributed by atoms with Crippen LogP contribution >= 0.6 is 22.9 Å². The second-order valence-electron chi connectivity index (χ2n) is 20.9. The van der Waals surface area contributed by atoms with Gasteiger partial charge in [0.25, 0.3) is 5.91 Å². The molecule has 2 aromatic heterocycles. The van der Waals surface area contributed by atoms with Crippen molar-refractivity contribution in [3.05, 3.63) is 128 Å². The molecular weight excluding hydrogens is 966 g/mol. The van der Waals surface area contributed by atoms with Gasteiger partial charge in [-0.15, -0.1) is 21.5 Å². The van der Waals surface area contributed by atoms with E-state index in [-0.39, 0.29) is 73.2 Å².